The van der Waals surface area contributed by atoms with Crippen LogP contribution in [0.15, 0.2) is 34.3 Å². The summed E-state index contributed by atoms with van der Waals surface area (Å²) in [6, 6.07) is 6.12. The lowest BCUT2D eigenvalue weighted by atomic mass is 10.2. The Morgan fingerprint density at radius 3 is 2.63 bits per heavy atom. The number of oxime groups is 1. The monoisotopic (exact) mass is 301 g/mol. The smallest absolute Gasteiger partial charge is 0.367 e. The molecule has 0 aliphatic carbocycles. The van der Waals surface area contributed by atoms with Crippen LogP contribution in [-0.2, 0) is 23.9 Å². The molecule has 1 aromatic carbocycles. The van der Waals surface area contributed by atoms with Gasteiger partial charge >= 0.3 is 16.1 Å². The van der Waals surface area contributed by atoms with Crippen molar-refractivity contribution >= 4 is 32.9 Å². The predicted octanol–water partition coefficient (Wildman–Crippen LogP) is 1.30. The third-order valence-corrected chi connectivity index (χ3v) is 4.26. The highest BCUT2D eigenvalue weighted by molar-refractivity contribution is 8.15. The second-order valence-corrected chi connectivity index (χ2v) is 6.33. The second-order valence-electron chi connectivity index (χ2n) is 3.72. The van der Waals surface area contributed by atoms with E-state index < -0.39 is 16.1 Å². The van der Waals surface area contributed by atoms with Gasteiger partial charge in [0.1, 0.15) is 11.5 Å². The van der Waals surface area contributed by atoms with E-state index >= 15 is 0 Å². The van der Waals surface area contributed by atoms with Gasteiger partial charge in [-0.15, -0.1) is 0 Å². The Balaban J connectivity index is 2.15. The van der Waals surface area contributed by atoms with Gasteiger partial charge in [0.15, 0.2) is 0 Å². The number of rotatable bonds is 3. The molecule has 1 aromatic rings. The average molecular weight is 301 g/mol. The van der Waals surface area contributed by atoms with Gasteiger partial charge in [0, 0.05) is 5.75 Å². The summed E-state index contributed by atoms with van der Waals surface area (Å²) < 4.78 is 32.8. The maximum absolute atomic E-state index is 11.8. The Hall–Kier alpha value is -1.54. The highest BCUT2D eigenvalue weighted by Crippen LogP contribution is 2.16. The van der Waals surface area contributed by atoms with Crippen LogP contribution in [0.5, 0.6) is 0 Å². The zero-order valence-electron chi connectivity index (χ0n) is 10.0. The fourth-order valence-corrected chi connectivity index (χ4v) is 2.69. The van der Waals surface area contributed by atoms with E-state index in [1.807, 2.05) is 6.92 Å². The molecule has 0 N–H and O–H groups in total. The number of esters is 1. The van der Waals surface area contributed by atoms with Gasteiger partial charge in [-0.25, -0.2) is 4.79 Å². The van der Waals surface area contributed by atoms with Crippen molar-refractivity contribution in [1.29, 1.82) is 0 Å². The lowest BCUT2D eigenvalue weighted by Gasteiger charge is -2.11. The molecule has 6 nitrogen and oxygen atoms in total. The van der Waals surface area contributed by atoms with E-state index in [2.05, 4.69) is 9.44 Å². The van der Waals surface area contributed by atoms with Crippen molar-refractivity contribution in [1.82, 2.24) is 0 Å². The molecule has 0 unspecified atom stereocenters. The number of nitrogens with zero attached hydrogens (tertiary/aromatic N) is 1. The van der Waals surface area contributed by atoms with Crippen LogP contribution in [-0.4, -0.2) is 31.8 Å². The molecule has 19 heavy (non-hydrogen) atoms. The molecule has 102 valence electrons. The molecular formula is C11H11NO5S2. The first kappa shape index (κ1) is 13.9. The summed E-state index contributed by atoms with van der Waals surface area (Å²) in [5.74, 6) is -0.145. The number of aryl methyl sites for hydroxylation is 1. The number of carbonyl (C=O) groups is 1. The fraction of sp³-hybridized carbons (Fsp3) is 0.273. The van der Waals surface area contributed by atoms with E-state index in [1.165, 1.54) is 12.1 Å². The number of thioether (sulfide) groups is 1. The summed E-state index contributed by atoms with van der Waals surface area (Å²) in [4.78, 5) is 11.2. The summed E-state index contributed by atoms with van der Waals surface area (Å²) in [5, 5.41) is 3.26. The lowest BCUT2D eigenvalue weighted by Crippen LogP contribution is -2.23. The molecule has 1 heterocycles. The van der Waals surface area contributed by atoms with Crippen LogP contribution in [0.4, 0.5) is 0 Å². The topological polar surface area (TPSA) is 82.0 Å². The number of hydrogen-bond acceptors (Lipinski definition) is 7. The summed E-state index contributed by atoms with van der Waals surface area (Å²) in [7, 11) is -4.01. The van der Waals surface area contributed by atoms with Crippen molar-refractivity contribution in [2.45, 2.75) is 11.8 Å². The third-order valence-electron chi connectivity index (χ3n) is 2.26. The normalized spacial score (nSPS) is 18.2. The summed E-state index contributed by atoms with van der Waals surface area (Å²) >= 11 is 1.10. The Morgan fingerprint density at radius 1 is 1.32 bits per heavy atom. The SMILES string of the molecule is Cc1ccc(S(=O)(=O)ON=C2SCCOC2=O)cc1. The lowest BCUT2D eigenvalue weighted by molar-refractivity contribution is -0.135. The van der Waals surface area contributed by atoms with Gasteiger partial charge in [0.2, 0.25) is 5.04 Å². The molecule has 0 atom stereocenters. The van der Waals surface area contributed by atoms with Crippen molar-refractivity contribution in [2.24, 2.45) is 5.16 Å². The van der Waals surface area contributed by atoms with Gasteiger partial charge in [0.25, 0.3) is 0 Å². The molecule has 8 heteroatoms. The first-order valence-electron chi connectivity index (χ1n) is 5.37. The molecule has 1 aliphatic heterocycles. The Morgan fingerprint density at radius 2 is 2.00 bits per heavy atom. The van der Waals surface area contributed by atoms with Crippen molar-refractivity contribution in [3.63, 3.8) is 0 Å². The molecule has 1 aliphatic rings. The van der Waals surface area contributed by atoms with Crippen molar-refractivity contribution in [3.8, 4) is 0 Å². The van der Waals surface area contributed by atoms with Gasteiger partial charge in [-0.2, -0.15) is 8.42 Å². The predicted molar refractivity (Wildman–Crippen MR) is 70.3 cm³/mol. The van der Waals surface area contributed by atoms with Crippen LogP contribution in [0, 0.1) is 6.92 Å². The molecular weight excluding hydrogens is 290 g/mol. The molecule has 0 saturated carbocycles. The highest BCUT2D eigenvalue weighted by atomic mass is 32.2. The van der Waals surface area contributed by atoms with Crippen LogP contribution < -0.4 is 0 Å². The van der Waals surface area contributed by atoms with Crippen LogP contribution in [0.2, 0.25) is 0 Å². The van der Waals surface area contributed by atoms with E-state index in [0.29, 0.717) is 5.75 Å². The highest BCUT2D eigenvalue weighted by Gasteiger charge is 2.22. The summed E-state index contributed by atoms with van der Waals surface area (Å²) in [6.07, 6.45) is 0. The van der Waals surface area contributed by atoms with Crippen molar-refractivity contribution in [2.75, 3.05) is 12.4 Å². The first-order chi connectivity index (χ1) is 8.99. The van der Waals surface area contributed by atoms with Gasteiger partial charge in [0.05, 0.1) is 0 Å². The number of hydrogen-bond donors (Lipinski definition) is 0. The Labute approximate surface area is 114 Å². The fourth-order valence-electron chi connectivity index (χ4n) is 1.29. The van der Waals surface area contributed by atoms with Crippen molar-refractivity contribution < 1.29 is 22.2 Å². The van der Waals surface area contributed by atoms with E-state index in [0.717, 1.165) is 17.3 Å². The molecule has 0 aromatic heterocycles. The van der Waals surface area contributed by atoms with Gasteiger partial charge in [-0.1, -0.05) is 34.6 Å². The number of cyclic esters (lactones) is 1. The summed E-state index contributed by atoms with van der Waals surface area (Å²) in [5.41, 5.74) is 0.927. The number of carbonyl (C=O) groups excluding carboxylic acids is 1. The van der Waals surface area contributed by atoms with Crippen LogP contribution >= 0.6 is 11.8 Å². The van der Waals surface area contributed by atoms with E-state index in [-0.39, 0.29) is 16.5 Å². The molecule has 2 rings (SSSR count). The first-order valence-corrected chi connectivity index (χ1v) is 7.77. The average Bonchev–Trinajstić information content (AvgIpc) is 2.38. The molecule has 0 amide bonds. The quantitative estimate of drug-likeness (QED) is 0.618. The minimum Gasteiger partial charge on any atom is -0.460 e. The maximum atomic E-state index is 11.8. The molecule has 0 bridgehead atoms. The third kappa shape index (κ3) is 3.48. The molecule has 1 fully saturated rings. The van der Waals surface area contributed by atoms with E-state index in [9.17, 15) is 13.2 Å². The summed E-state index contributed by atoms with van der Waals surface area (Å²) in [6.45, 7) is 2.12. The van der Waals surface area contributed by atoms with Crippen LogP contribution in [0.25, 0.3) is 0 Å². The minimum absolute atomic E-state index is 0.0170. The second kappa shape index (κ2) is 5.62. The van der Waals surface area contributed by atoms with Crippen LogP contribution in [0.1, 0.15) is 5.56 Å². The van der Waals surface area contributed by atoms with Gasteiger partial charge in [-0.05, 0) is 19.1 Å². The van der Waals surface area contributed by atoms with E-state index in [4.69, 9.17) is 4.74 Å². The van der Waals surface area contributed by atoms with Crippen molar-refractivity contribution in [3.05, 3.63) is 29.8 Å². The number of ether oxygens (including phenoxy) is 1. The number of benzene rings is 1. The maximum Gasteiger partial charge on any atom is 0.367 e. The standard InChI is InChI=1S/C11H11NO5S2/c1-8-2-4-9(5-3-8)19(14,15)17-12-10-11(13)16-6-7-18-10/h2-5H,6-7H2,1H3. The molecule has 1 saturated heterocycles. The van der Waals surface area contributed by atoms with E-state index in [1.54, 1.807) is 12.1 Å². The van der Waals surface area contributed by atoms with Crippen LogP contribution in [0.3, 0.4) is 0 Å². The Bertz CT molecular complexity index is 606. The zero-order valence-corrected chi connectivity index (χ0v) is 11.7. The van der Waals surface area contributed by atoms with Gasteiger partial charge in [-0.3, -0.25) is 4.28 Å². The minimum atomic E-state index is -4.01. The van der Waals surface area contributed by atoms with Gasteiger partial charge < -0.3 is 4.74 Å². The Kier molecular flexibility index (Phi) is 4.11. The molecule has 0 spiro atoms. The zero-order chi connectivity index (χ0) is 13.9. The molecule has 0 radical (unpaired) electrons. The largest absolute Gasteiger partial charge is 0.460 e.